The fourth-order valence-electron chi connectivity index (χ4n) is 8.83. The van der Waals surface area contributed by atoms with Crippen molar-refractivity contribution in [3.63, 3.8) is 0 Å². The Morgan fingerprint density at radius 3 is 2.25 bits per heavy atom. The fraction of sp³-hybridized carbons (Fsp3) is 0.564. The molecule has 2 aromatic carbocycles. The lowest BCUT2D eigenvalue weighted by molar-refractivity contribution is -0.194. The highest BCUT2D eigenvalue weighted by molar-refractivity contribution is 7.92. The van der Waals surface area contributed by atoms with Gasteiger partial charge in [-0.25, -0.2) is 22.9 Å². The second-order valence-corrected chi connectivity index (χ2v) is 18.3. The molecule has 1 amide bonds. The van der Waals surface area contributed by atoms with Crippen molar-refractivity contribution < 1.29 is 35.9 Å². The molecule has 280 valence electrons. The summed E-state index contributed by atoms with van der Waals surface area (Å²) in [6.07, 6.45) is -1.66. The number of fused-ring (bicyclic) bond motifs is 4. The summed E-state index contributed by atoms with van der Waals surface area (Å²) in [5.74, 6) is -1.08. The maximum absolute atomic E-state index is 14.6. The number of ether oxygens (including phenoxy) is 2. The Balaban J connectivity index is 1.24. The Morgan fingerprint density at radius 2 is 1.63 bits per heavy atom. The van der Waals surface area contributed by atoms with E-state index in [1.54, 1.807) is 23.1 Å². The number of nitrogens with one attached hydrogen (secondary N) is 1. The molecule has 3 fully saturated rings. The maximum Gasteiger partial charge on any atom is 0.410 e. The Labute approximate surface area is 303 Å². The van der Waals surface area contributed by atoms with Crippen LogP contribution in [0.25, 0.3) is 11.3 Å². The van der Waals surface area contributed by atoms with E-state index >= 15 is 0 Å². The van der Waals surface area contributed by atoms with Crippen molar-refractivity contribution in [2.45, 2.75) is 102 Å². The lowest BCUT2D eigenvalue weighted by atomic mass is 9.52. The molecule has 9 nitrogen and oxygen atoms in total. The van der Waals surface area contributed by atoms with Crippen LogP contribution >= 0.6 is 0 Å². The molecule has 1 saturated heterocycles. The molecule has 13 heteroatoms. The Kier molecular flexibility index (Phi) is 9.06. The van der Waals surface area contributed by atoms with E-state index in [9.17, 15) is 26.4 Å². The number of piperidine rings is 1. The fourth-order valence-corrected chi connectivity index (χ4v) is 9.83. The first-order chi connectivity index (χ1) is 24.4. The zero-order valence-electron chi connectivity index (χ0n) is 30.3. The number of hydrogen-bond acceptors (Lipinski definition) is 7. The topological polar surface area (TPSA) is 111 Å². The highest BCUT2D eigenvalue weighted by Crippen LogP contribution is 2.65. The van der Waals surface area contributed by atoms with Crippen LogP contribution in [0.3, 0.4) is 0 Å². The number of nitrogens with zero attached hydrogens (tertiary/aromatic N) is 3. The van der Waals surface area contributed by atoms with Gasteiger partial charge in [0.1, 0.15) is 5.60 Å². The molecule has 52 heavy (non-hydrogen) atoms. The van der Waals surface area contributed by atoms with Crippen LogP contribution < -0.4 is 9.46 Å². The van der Waals surface area contributed by atoms with Gasteiger partial charge in [-0.05, 0) is 126 Å². The zero-order chi connectivity index (χ0) is 37.3. The third-order valence-electron chi connectivity index (χ3n) is 11.7. The van der Waals surface area contributed by atoms with Gasteiger partial charge in [0.25, 0.3) is 10.0 Å². The number of amides is 1. The molecule has 2 saturated carbocycles. The van der Waals surface area contributed by atoms with Crippen molar-refractivity contribution in [1.29, 1.82) is 0 Å². The number of likely N-dealkylation sites (tertiary alicyclic amines) is 1. The van der Waals surface area contributed by atoms with Crippen molar-refractivity contribution in [3.05, 3.63) is 65.2 Å². The van der Waals surface area contributed by atoms with Crippen molar-refractivity contribution in [2.75, 3.05) is 24.4 Å². The molecule has 2 aliphatic carbocycles. The van der Waals surface area contributed by atoms with Gasteiger partial charge in [-0.3, -0.25) is 0 Å². The predicted octanol–water partition coefficient (Wildman–Crippen LogP) is 8.81. The molecule has 3 aromatic rings. The lowest BCUT2D eigenvalue weighted by Crippen LogP contribution is -2.51. The van der Waals surface area contributed by atoms with E-state index < -0.39 is 39.1 Å². The molecule has 2 atom stereocenters. The molecule has 1 spiro atoms. The summed E-state index contributed by atoms with van der Waals surface area (Å²) in [5.41, 5.74) is 1.31. The van der Waals surface area contributed by atoms with E-state index in [1.807, 2.05) is 58.9 Å². The van der Waals surface area contributed by atoms with Gasteiger partial charge in [0.15, 0.2) is 0 Å². The number of hydrogen-bond donors (Lipinski definition) is 1. The summed E-state index contributed by atoms with van der Waals surface area (Å²) in [4.78, 5) is 23.5. The van der Waals surface area contributed by atoms with E-state index in [0.717, 1.165) is 42.4 Å². The van der Waals surface area contributed by atoms with Crippen LogP contribution in [-0.2, 0) is 14.8 Å². The van der Waals surface area contributed by atoms with Gasteiger partial charge in [0.05, 0.1) is 22.6 Å². The summed E-state index contributed by atoms with van der Waals surface area (Å²) < 4.78 is 86.1. The quantitative estimate of drug-likeness (QED) is 0.285. The molecule has 4 bridgehead atoms. The SMILES string of the molecule is Cc1cccc(C)c1-c1cc2nc(n1)NS(=O)(=O)c1cccc(c1)C(C1CC3(CCN(C(=O)OC(C)(C)C)CC3)C1)[C@H](CC1(C(F)(F)F)CC1)CO2. The number of aromatic nitrogens is 2. The third kappa shape index (κ3) is 7.21. The number of anilines is 1. The van der Waals surface area contributed by atoms with Gasteiger partial charge < -0.3 is 14.4 Å². The minimum atomic E-state index is -4.37. The molecule has 0 radical (unpaired) electrons. The number of alkyl halides is 3. The van der Waals surface area contributed by atoms with Crippen LogP contribution in [0.1, 0.15) is 88.3 Å². The van der Waals surface area contributed by atoms with Gasteiger partial charge in [-0.2, -0.15) is 18.2 Å². The van der Waals surface area contributed by atoms with E-state index in [2.05, 4.69) is 14.7 Å². The summed E-state index contributed by atoms with van der Waals surface area (Å²) in [6, 6.07) is 14.0. The van der Waals surface area contributed by atoms with Crippen molar-refractivity contribution in [1.82, 2.24) is 14.9 Å². The zero-order valence-corrected chi connectivity index (χ0v) is 31.2. The molecule has 7 rings (SSSR count). The normalized spacial score (nSPS) is 23.7. The molecule has 1 N–H and O–H groups in total. The van der Waals surface area contributed by atoms with E-state index in [-0.39, 0.29) is 60.0 Å². The molecular weight excluding hydrogens is 694 g/mol. The number of sulfonamides is 1. The Hall–Kier alpha value is -3.87. The number of carbonyl (C=O) groups is 1. The molecule has 2 aliphatic heterocycles. The standard InChI is InChI=1S/C39H47F3N4O5S/c1-24-8-6-9-25(2)32(24)30-19-31-44-34(43-30)45-52(48,49)29-11-7-10-26(18-29)33(28(23-50-31)22-38(12-13-38)39(40,41)42)27-20-37(21-27)14-16-46(17-15-37)35(47)51-36(3,4)5/h6-11,18-19,27-28,33H,12-17,20-23H2,1-5H3,(H,43,44,45)/t28-,33?/m1/s1. The van der Waals surface area contributed by atoms with Gasteiger partial charge in [0, 0.05) is 30.6 Å². The van der Waals surface area contributed by atoms with Gasteiger partial charge in [-0.15, -0.1) is 0 Å². The van der Waals surface area contributed by atoms with Gasteiger partial charge >= 0.3 is 12.3 Å². The van der Waals surface area contributed by atoms with Crippen LogP contribution in [-0.4, -0.2) is 60.9 Å². The largest absolute Gasteiger partial charge is 0.477 e. The average Bonchev–Trinajstić information content (AvgIpc) is 3.83. The summed E-state index contributed by atoms with van der Waals surface area (Å²) in [5, 5.41) is 0. The molecule has 4 aliphatic rings. The second-order valence-electron chi connectivity index (χ2n) is 16.6. The van der Waals surface area contributed by atoms with Gasteiger partial charge in [-0.1, -0.05) is 30.3 Å². The molecule has 1 unspecified atom stereocenters. The minimum Gasteiger partial charge on any atom is -0.477 e. The van der Waals surface area contributed by atoms with E-state index in [1.165, 1.54) is 6.07 Å². The Morgan fingerprint density at radius 1 is 0.981 bits per heavy atom. The number of rotatable bonds is 4. The monoisotopic (exact) mass is 740 g/mol. The smallest absolute Gasteiger partial charge is 0.410 e. The highest BCUT2D eigenvalue weighted by Gasteiger charge is 2.64. The Bertz CT molecular complexity index is 1940. The maximum atomic E-state index is 14.6. The summed E-state index contributed by atoms with van der Waals surface area (Å²) in [6.45, 7) is 10.4. The predicted molar refractivity (Wildman–Crippen MR) is 190 cm³/mol. The number of benzene rings is 2. The van der Waals surface area contributed by atoms with Crippen LogP contribution in [0, 0.1) is 36.5 Å². The van der Waals surface area contributed by atoms with Crippen LogP contribution in [0.2, 0.25) is 0 Å². The van der Waals surface area contributed by atoms with E-state index in [0.29, 0.717) is 24.3 Å². The van der Waals surface area contributed by atoms with E-state index in [4.69, 9.17) is 9.47 Å². The first-order valence-electron chi connectivity index (χ1n) is 18.1. The van der Waals surface area contributed by atoms with Crippen molar-refractivity contribution >= 4 is 22.1 Å². The summed E-state index contributed by atoms with van der Waals surface area (Å²) in [7, 11) is -4.18. The van der Waals surface area contributed by atoms with Crippen molar-refractivity contribution in [2.24, 2.45) is 22.7 Å². The average molecular weight is 741 g/mol. The first kappa shape index (κ1) is 36.5. The molecular formula is C39H47F3N4O5S. The molecule has 3 heterocycles. The third-order valence-corrected chi connectivity index (χ3v) is 13.0. The van der Waals surface area contributed by atoms with Crippen LogP contribution in [0.5, 0.6) is 5.88 Å². The van der Waals surface area contributed by atoms with Gasteiger partial charge in [0.2, 0.25) is 11.8 Å². The second kappa shape index (κ2) is 12.9. The number of carbonyl (C=O) groups excluding carboxylic acids is 1. The summed E-state index contributed by atoms with van der Waals surface area (Å²) >= 11 is 0. The first-order valence-corrected chi connectivity index (χ1v) is 19.6. The highest BCUT2D eigenvalue weighted by atomic mass is 32.2. The van der Waals surface area contributed by atoms with Crippen LogP contribution in [0.4, 0.5) is 23.9 Å². The minimum absolute atomic E-state index is 0.00507. The number of aryl methyl sites for hydroxylation is 2. The number of halogens is 3. The molecule has 1 aromatic heterocycles. The van der Waals surface area contributed by atoms with Crippen LogP contribution in [0.15, 0.2) is 53.4 Å². The van der Waals surface area contributed by atoms with Crippen molar-refractivity contribution in [3.8, 4) is 17.1 Å². The lowest BCUT2D eigenvalue weighted by Gasteiger charge is -2.55.